The van der Waals surface area contributed by atoms with Crippen LogP contribution < -0.4 is 0 Å². The van der Waals surface area contributed by atoms with Gasteiger partial charge in [-0.25, -0.2) is 4.68 Å². The third-order valence-corrected chi connectivity index (χ3v) is 3.37. The van der Waals surface area contributed by atoms with Gasteiger partial charge in [-0.2, -0.15) is 5.10 Å². The second-order valence-corrected chi connectivity index (χ2v) is 5.03. The predicted molar refractivity (Wildman–Crippen MR) is 80.0 cm³/mol. The molecule has 0 aliphatic carbocycles. The Morgan fingerprint density at radius 3 is 2.71 bits per heavy atom. The maximum absolute atomic E-state index is 11.2. The zero-order chi connectivity index (χ0) is 14.8. The fourth-order valence-electron chi connectivity index (χ4n) is 1.88. The summed E-state index contributed by atoms with van der Waals surface area (Å²) in [5.74, 6) is 0. The molecule has 0 saturated carbocycles. The van der Waals surface area contributed by atoms with Crippen molar-refractivity contribution in [2.75, 3.05) is 0 Å². The molecule has 0 saturated heterocycles. The number of aromatic nitrogens is 4. The predicted octanol–water partition coefficient (Wildman–Crippen LogP) is 3.45. The van der Waals surface area contributed by atoms with E-state index in [4.69, 9.17) is 23.2 Å². The van der Waals surface area contributed by atoms with Gasteiger partial charge in [0, 0.05) is 23.6 Å². The Balaban J connectivity index is 2.14. The number of rotatable bonds is 3. The summed E-state index contributed by atoms with van der Waals surface area (Å²) in [6.07, 6.45) is 6.95. The number of hydrogen-bond donors (Lipinski definition) is 0. The van der Waals surface area contributed by atoms with Crippen LogP contribution in [0.4, 0.5) is 0 Å². The number of carbonyl (C=O) groups excluding carboxylic acids is 1. The summed E-state index contributed by atoms with van der Waals surface area (Å²) < 4.78 is 1.52. The van der Waals surface area contributed by atoms with Crippen molar-refractivity contribution in [3.8, 4) is 17.1 Å². The normalized spacial score (nSPS) is 10.6. The average Bonchev–Trinajstić information content (AvgIpc) is 2.92. The van der Waals surface area contributed by atoms with Gasteiger partial charge in [0.2, 0.25) is 0 Å². The Morgan fingerprint density at radius 2 is 2.05 bits per heavy atom. The zero-order valence-electron chi connectivity index (χ0n) is 10.6. The Morgan fingerprint density at radius 1 is 1.19 bits per heavy atom. The van der Waals surface area contributed by atoms with E-state index >= 15 is 0 Å². The highest BCUT2D eigenvalue weighted by Gasteiger charge is 2.14. The van der Waals surface area contributed by atoms with E-state index in [0.29, 0.717) is 32.7 Å². The van der Waals surface area contributed by atoms with Crippen LogP contribution in [0, 0.1) is 0 Å². The molecule has 1 aromatic carbocycles. The quantitative estimate of drug-likeness (QED) is 0.694. The topological polar surface area (TPSA) is 60.7 Å². The average molecular weight is 319 g/mol. The van der Waals surface area contributed by atoms with E-state index in [9.17, 15) is 4.79 Å². The van der Waals surface area contributed by atoms with E-state index in [1.807, 2.05) is 0 Å². The molecule has 3 aromatic rings. The number of benzene rings is 1. The van der Waals surface area contributed by atoms with Gasteiger partial charge < -0.3 is 0 Å². The van der Waals surface area contributed by atoms with Crippen LogP contribution in [0.3, 0.4) is 0 Å². The SMILES string of the molecule is O=Cc1cn(-c2ccc(Cl)cc2Cl)nc1-c1cnccn1. The standard InChI is InChI=1S/C14H8Cl2N4O/c15-10-1-2-13(11(16)5-10)20-7-9(8-21)14(19-20)12-6-17-3-4-18-12/h1-8H. The van der Waals surface area contributed by atoms with Crippen molar-refractivity contribution < 1.29 is 4.79 Å². The van der Waals surface area contributed by atoms with Crippen LogP contribution in [0.5, 0.6) is 0 Å². The molecule has 3 rings (SSSR count). The molecule has 0 N–H and O–H groups in total. The van der Waals surface area contributed by atoms with Crippen LogP contribution >= 0.6 is 23.2 Å². The summed E-state index contributed by atoms with van der Waals surface area (Å²) >= 11 is 12.0. The van der Waals surface area contributed by atoms with E-state index in [-0.39, 0.29) is 0 Å². The smallest absolute Gasteiger partial charge is 0.153 e. The van der Waals surface area contributed by atoms with Gasteiger partial charge in [0.15, 0.2) is 6.29 Å². The van der Waals surface area contributed by atoms with Gasteiger partial charge in [0.05, 0.1) is 22.5 Å². The van der Waals surface area contributed by atoms with E-state index in [1.54, 1.807) is 36.8 Å². The molecule has 5 nitrogen and oxygen atoms in total. The van der Waals surface area contributed by atoms with Crippen LogP contribution in [0.1, 0.15) is 10.4 Å². The third-order valence-electron chi connectivity index (χ3n) is 2.83. The Kier molecular flexibility index (Phi) is 3.68. The lowest BCUT2D eigenvalue weighted by Crippen LogP contribution is -1.96. The van der Waals surface area contributed by atoms with Crippen LogP contribution in [0.25, 0.3) is 17.1 Å². The van der Waals surface area contributed by atoms with Gasteiger partial charge in [-0.15, -0.1) is 0 Å². The van der Waals surface area contributed by atoms with Gasteiger partial charge >= 0.3 is 0 Å². The van der Waals surface area contributed by atoms with E-state index in [2.05, 4.69) is 15.1 Å². The van der Waals surface area contributed by atoms with Gasteiger partial charge in [0.25, 0.3) is 0 Å². The minimum absolute atomic E-state index is 0.404. The third kappa shape index (κ3) is 2.66. The summed E-state index contributed by atoms with van der Waals surface area (Å²) in [5.41, 5.74) is 1.99. The Labute approximate surface area is 130 Å². The molecular weight excluding hydrogens is 311 g/mol. The molecule has 104 valence electrons. The van der Waals surface area contributed by atoms with Gasteiger partial charge in [-0.3, -0.25) is 14.8 Å². The molecule has 0 fully saturated rings. The van der Waals surface area contributed by atoms with Gasteiger partial charge in [-0.1, -0.05) is 23.2 Å². The molecule has 0 spiro atoms. The fraction of sp³-hybridized carbons (Fsp3) is 0. The molecule has 0 atom stereocenters. The molecule has 2 heterocycles. The second-order valence-electron chi connectivity index (χ2n) is 4.18. The summed E-state index contributed by atoms with van der Waals surface area (Å²) in [6.45, 7) is 0. The van der Waals surface area contributed by atoms with Crippen LogP contribution in [0.15, 0.2) is 43.0 Å². The van der Waals surface area contributed by atoms with Crippen molar-refractivity contribution in [1.82, 2.24) is 19.7 Å². The Hall–Kier alpha value is -2.24. The molecule has 0 bridgehead atoms. The fourth-order valence-corrected chi connectivity index (χ4v) is 2.38. The lowest BCUT2D eigenvalue weighted by atomic mass is 10.2. The van der Waals surface area contributed by atoms with E-state index < -0.39 is 0 Å². The molecular formula is C14H8Cl2N4O. The van der Waals surface area contributed by atoms with E-state index in [0.717, 1.165) is 6.29 Å². The molecule has 7 heteroatoms. The van der Waals surface area contributed by atoms with Gasteiger partial charge in [-0.05, 0) is 18.2 Å². The van der Waals surface area contributed by atoms with E-state index in [1.165, 1.54) is 10.9 Å². The number of aldehydes is 1. The first kappa shape index (κ1) is 13.7. The molecule has 0 radical (unpaired) electrons. The summed E-state index contributed by atoms with van der Waals surface area (Å²) in [6, 6.07) is 5.04. The number of carbonyl (C=O) groups is 1. The van der Waals surface area contributed by atoms with Crippen molar-refractivity contribution in [3.05, 3.63) is 58.6 Å². The second kappa shape index (κ2) is 5.63. The highest BCUT2D eigenvalue weighted by molar-refractivity contribution is 6.35. The lowest BCUT2D eigenvalue weighted by Gasteiger charge is -2.04. The number of halogens is 2. The Bertz CT molecular complexity index is 802. The summed E-state index contributed by atoms with van der Waals surface area (Å²) in [5, 5.41) is 5.33. The minimum Gasteiger partial charge on any atom is -0.298 e. The zero-order valence-corrected chi connectivity index (χ0v) is 12.1. The van der Waals surface area contributed by atoms with Crippen LogP contribution in [-0.2, 0) is 0 Å². The van der Waals surface area contributed by atoms with Crippen molar-refractivity contribution in [3.63, 3.8) is 0 Å². The maximum atomic E-state index is 11.2. The largest absolute Gasteiger partial charge is 0.298 e. The van der Waals surface area contributed by atoms with Crippen molar-refractivity contribution in [2.24, 2.45) is 0 Å². The summed E-state index contributed by atoms with van der Waals surface area (Å²) in [7, 11) is 0. The summed E-state index contributed by atoms with van der Waals surface area (Å²) in [4.78, 5) is 19.4. The minimum atomic E-state index is 0.404. The first-order valence-electron chi connectivity index (χ1n) is 5.95. The van der Waals surface area contributed by atoms with Crippen molar-refractivity contribution >= 4 is 29.5 Å². The first-order valence-corrected chi connectivity index (χ1v) is 6.71. The molecule has 0 unspecified atom stereocenters. The molecule has 0 aliphatic heterocycles. The maximum Gasteiger partial charge on any atom is 0.153 e. The molecule has 2 aromatic heterocycles. The highest BCUT2D eigenvalue weighted by atomic mass is 35.5. The molecule has 0 aliphatic rings. The number of nitrogens with zero attached hydrogens (tertiary/aromatic N) is 4. The van der Waals surface area contributed by atoms with Crippen molar-refractivity contribution in [1.29, 1.82) is 0 Å². The van der Waals surface area contributed by atoms with Crippen molar-refractivity contribution in [2.45, 2.75) is 0 Å². The highest BCUT2D eigenvalue weighted by Crippen LogP contribution is 2.26. The van der Waals surface area contributed by atoms with Crippen LogP contribution in [0.2, 0.25) is 10.0 Å². The molecule has 21 heavy (non-hydrogen) atoms. The lowest BCUT2D eigenvalue weighted by molar-refractivity contribution is 0.112. The monoisotopic (exact) mass is 318 g/mol. The first-order chi connectivity index (χ1) is 10.2. The molecule has 0 amide bonds. The number of hydrogen-bond acceptors (Lipinski definition) is 4. The van der Waals surface area contributed by atoms with Crippen LogP contribution in [-0.4, -0.2) is 26.0 Å². The van der Waals surface area contributed by atoms with Gasteiger partial charge in [0.1, 0.15) is 11.4 Å².